The van der Waals surface area contributed by atoms with Crippen molar-refractivity contribution in [3.05, 3.63) is 255 Å². The van der Waals surface area contributed by atoms with Crippen LogP contribution in [-0.4, -0.2) is 13.4 Å². The van der Waals surface area contributed by atoms with Gasteiger partial charge in [0.2, 0.25) is 13.4 Å². The van der Waals surface area contributed by atoms with Crippen molar-refractivity contribution in [1.82, 2.24) is 0 Å². The van der Waals surface area contributed by atoms with Gasteiger partial charge in [0.25, 0.3) is 0 Å². The molecule has 0 radical (unpaired) electrons. The first-order valence-electron chi connectivity index (χ1n) is 28.1. The number of benzene rings is 13. The Labute approximate surface area is 481 Å². The first-order valence-corrected chi connectivity index (χ1v) is 29.7. The molecular formula is C74H42B2N2O2S2. The summed E-state index contributed by atoms with van der Waals surface area (Å²) in [7, 11) is 0. The van der Waals surface area contributed by atoms with E-state index in [1.54, 1.807) is 0 Å². The molecule has 82 heavy (non-hydrogen) atoms. The number of hydrogen-bond acceptors (Lipinski definition) is 6. The molecule has 0 fully saturated rings. The zero-order valence-electron chi connectivity index (χ0n) is 43.9. The van der Waals surface area contributed by atoms with E-state index in [2.05, 4.69) is 265 Å². The monoisotopic (exact) mass is 1080 g/mol. The minimum Gasteiger partial charge on any atom is -0.456 e. The van der Waals surface area contributed by atoms with Crippen molar-refractivity contribution in [1.29, 1.82) is 0 Å². The van der Waals surface area contributed by atoms with Crippen LogP contribution in [0, 0.1) is 0 Å². The van der Waals surface area contributed by atoms with Crippen LogP contribution in [0.4, 0.5) is 34.1 Å². The quantitative estimate of drug-likeness (QED) is 0.163. The second kappa shape index (κ2) is 17.0. The van der Waals surface area contributed by atoms with Crippen LogP contribution in [0.5, 0.6) is 0 Å². The second-order valence-corrected chi connectivity index (χ2v) is 24.5. The highest BCUT2D eigenvalue weighted by Gasteiger charge is 2.46. The van der Waals surface area contributed by atoms with E-state index in [9.17, 15) is 0 Å². The normalized spacial score (nSPS) is 13.7. The fourth-order valence-electron chi connectivity index (χ4n) is 14.2. The highest BCUT2D eigenvalue weighted by Crippen LogP contribution is 2.49. The Kier molecular flexibility index (Phi) is 9.35. The van der Waals surface area contributed by atoms with Crippen molar-refractivity contribution in [3.8, 4) is 22.3 Å². The van der Waals surface area contributed by atoms with Gasteiger partial charge in [-0.25, -0.2) is 0 Å². The van der Waals surface area contributed by atoms with Gasteiger partial charge in [0, 0.05) is 75.3 Å². The van der Waals surface area contributed by atoms with Gasteiger partial charge in [-0.2, -0.15) is 0 Å². The van der Waals surface area contributed by atoms with Crippen LogP contribution in [0.25, 0.3) is 87.7 Å². The number of rotatable bonds is 4. The molecule has 0 saturated carbocycles. The first kappa shape index (κ1) is 45.2. The van der Waals surface area contributed by atoms with Crippen molar-refractivity contribution < 1.29 is 8.83 Å². The number of hydrogen-bond donors (Lipinski definition) is 0. The van der Waals surface area contributed by atoms with E-state index in [0.717, 1.165) is 66.4 Å². The Morgan fingerprint density at radius 3 is 1.13 bits per heavy atom. The first-order chi connectivity index (χ1) is 40.6. The number of fused-ring (bicyclic) bond motifs is 16. The Balaban J connectivity index is 0.813. The van der Waals surface area contributed by atoms with E-state index >= 15 is 0 Å². The molecule has 0 atom stereocenters. The average Bonchev–Trinajstić information content (AvgIpc) is 2.77. The summed E-state index contributed by atoms with van der Waals surface area (Å²) in [5.74, 6) is 0. The molecule has 0 N–H and O–H groups in total. The second-order valence-electron chi connectivity index (χ2n) is 22.3. The molecule has 0 saturated heterocycles. The topological polar surface area (TPSA) is 32.8 Å². The summed E-state index contributed by atoms with van der Waals surface area (Å²) in [6.07, 6.45) is 0. The molecule has 4 nitrogen and oxygen atoms in total. The molecule has 378 valence electrons. The van der Waals surface area contributed by atoms with E-state index in [4.69, 9.17) is 8.83 Å². The molecule has 0 aliphatic carbocycles. The third kappa shape index (κ3) is 6.50. The third-order valence-electron chi connectivity index (χ3n) is 17.9. The number of anilines is 6. The van der Waals surface area contributed by atoms with Crippen LogP contribution in [0.3, 0.4) is 0 Å². The average molecular weight is 1080 g/mol. The van der Waals surface area contributed by atoms with E-state index in [1.807, 2.05) is 23.5 Å². The molecule has 15 aromatic rings. The highest BCUT2D eigenvalue weighted by molar-refractivity contribution is 8.01. The lowest BCUT2D eigenvalue weighted by molar-refractivity contribution is 0.669. The lowest BCUT2D eigenvalue weighted by Gasteiger charge is -2.42. The van der Waals surface area contributed by atoms with E-state index in [0.29, 0.717) is 0 Å². The molecule has 6 heterocycles. The molecule has 4 aliphatic rings. The Morgan fingerprint density at radius 2 is 0.671 bits per heavy atom. The molecule has 4 aliphatic heterocycles. The van der Waals surface area contributed by atoms with Gasteiger partial charge >= 0.3 is 0 Å². The van der Waals surface area contributed by atoms with Crippen molar-refractivity contribution in [2.45, 2.75) is 19.6 Å². The summed E-state index contributed by atoms with van der Waals surface area (Å²) in [5, 5.41) is 9.30. The van der Waals surface area contributed by atoms with Gasteiger partial charge in [-0.15, -0.1) is 0 Å². The molecule has 0 spiro atoms. The van der Waals surface area contributed by atoms with Crippen LogP contribution >= 0.6 is 23.5 Å². The molecule has 0 unspecified atom stereocenters. The largest absolute Gasteiger partial charge is 0.456 e. The summed E-state index contributed by atoms with van der Waals surface area (Å²) in [6, 6.07) is 94.7. The Morgan fingerprint density at radius 1 is 0.268 bits per heavy atom. The number of nitrogens with zero attached hydrogens (tertiary/aromatic N) is 2. The van der Waals surface area contributed by atoms with E-state index < -0.39 is 0 Å². The lowest BCUT2D eigenvalue weighted by Crippen LogP contribution is -2.63. The van der Waals surface area contributed by atoms with Crippen LogP contribution in [0.15, 0.2) is 283 Å². The smallest absolute Gasteiger partial charge is 0.249 e. The van der Waals surface area contributed by atoms with Crippen LogP contribution in [0.1, 0.15) is 0 Å². The summed E-state index contributed by atoms with van der Waals surface area (Å²) < 4.78 is 13.1. The molecule has 8 heteroatoms. The maximum absolute atomic E-state index is 6.55. The minimum absolute atomic E-state index is 0.00476. The standard InChI is InChI=1S/C74H42B2N2O2S2/c1-3-19-51(20-4-1)77-61-25-13-11-23-57(61)75-59-41-60-70(42-69(59)81-71-39-49(35-63(77)73(71)75)47-27-29-65-53(33-47)55-31-43-15-7-9-17-45(43)37-67(55)79-65)82-72-40-50(48-28-30-66-54(34-48)56-32-44-16-8-10-18-46(44)38-68(56)80-66)36-64-74(72)76(60)58-24-12-14-26-62(58)78(64)52-21-5-2-6-22-52/h1-42H. The van der Waals surface area contributed by atoms with Crippen LogP contribution in [-0.2, 0) is 0 Å². The SMILES string of the molecule is c1ccc(N2c3ccccc3B3c4cc5c(cc4Sc4cc(-c6ccc7oc8cc9ccccc9cc8c7c6)cc2c43)Sc2cc(-c3ccc4oc6cc7ccccc7cc6c4c3)cc3c2B5c2ccccc2N3c2ccccc2)cc1. The van der Waals surface area contributed by atoms with E-state index in [-0.39, 0.29) is 13.4 Å². The fourth-order valence-corrected chi connectivity index (χ4v) is 16.7. The van der Waals surface area contributed by atoms with Gasteiger partial charge in [0.05, 0.1) is 0 Å². The summed E-state index contributed by atoms with van der Waals surface area (Å²) in [4.78, 5) is 10.2. The van der Waals surface area contributed by atoms with Crippen molar-refractivity contribution in [2.24, 2.45) is 0 Å². The molecule has 0 bridgehead atoms. The molecule has 0 amide bonds. The predicted octanol–water partition coefficient (Wildman–Crippen LogP) is 16.7. The molecule has 19 rings (SSSR count). The zero-order chi connectivity index (χ0) is 53.3. The maximum Gasteiger partial charge on any atom is 0.249 e. The zero-order valence-corrected chi connectivity index (χ0v) is 45.6. The molecule has 13 aromatic carbocycles. The van der Waals surface area contributed by atoms with Crippen LogP contribution < -0.4 is 42.6 Å². The maximum atomic E-state index is 6.55. The minimum atomic E-state index is 0.00476. The van der Waals surface area contributed by atoms with Crippen molar-refractivity contribution in [3.63, 3.8) is 0 Å². The van der Waals surface area contributed by atoms with Gasteiger partial charge in [0.1, 0.15) is 22.3 Å². The van der Waals surface area contributed by atoms with E-state index in [1.165, 1.54) is 108 Å². The molecular weight excluding hydrogens is 1030 g/mol. The Bertz CT molecular complexity index is 4960. The summed E-state index contributed by atoms with van der Waals surface area (Å²) >= 11 is 3.86. The van der Waals surface area contributed by atoms with Gasteiger partial charge < -0.3 is 18.6 Å². The fraction of sp³-hybridized carbons (Fsp3) is 0. The summed E-state index contributed by atoms with van der Waals surface area (Å²) in [6.45, 7) is 0.00953. The van der Waals surface area contributed by atoms with Crippen LogP contribution in [0.2, 0.25) is 0 Å². The summed E-state index contributed by atoms with van der Waals surface area (Å²) in [5.41, 5.74) is 23.5. The Hall–Kier alpha value is -9.59. The van der Waals surface area contributed by atoms with Crippen molar-refractivity contribution in [2.75, 3.05) is 9.80 Å². The van der Waals surface area contributed by atoms with Gasteiger partial charge in [-0.05, 0) is 181 Å². The highest BCUT2D eigenvalue weighted by atomic mass is 32.2. The van der Waals surface area contributed by atoms with Gasteiger partial charge in [0.15, 0.2) is 0 Å². The molecule has 2 aromatic heterocycles. The number of furan rings is 2. The lowest BCUT2D eigenvalue weighted by atomic mass is 9.31. The van der Waals surface area contributed by atoms with Gasteiger partial charge in [-0.1, -0.05) is 174 Å². The number of para-hydroxylation sites is 4. The third-order valence-corrected chi connectivity index (χ3v) is 20.1. The van der Waals surface area contributed by atoms with Crippen molar-refractivity contribution >= 4 is 169 Å². The van der Waals surface area contributed by atoms with Gasteiger partial charge in [-0.3, -0.25) is 0 Å². The predicted molar refractivity (Wildman–Crippen MR) is 347 cm³/mol.